The summed E-state index contributed by atoms with van der Waals surface area (Å²) in [7, 11) is 8.67. The van der Waals surface area contributed by atoms with Crippen LogP contribution in [0.3, 0.4) is 0 Å². The van der Waals surface area contributed by atoms with Crippen molar-refractivity contribution in [1.82, 2.24) is 82.7 Å². The number of carbonyl (C=O) groups excluding carboxylic acids is 5. The number of carboxylic acid groups (broad SMARTS) is 4. The SMILES string of the molecule is CN(C)c1ccc2c(c1)c(-n1c(=O)[nH]c3ccccc3c1=O)c(C(=O)OC(C)(C)C)n2C.Cc1ccc2[nH]c(C(=O)O)c(-n3c(=O)[nH]c4cscc4c3=O)c2c1.Cn1c(C(=O)NCC(=O)O)c(-n2c(=O)[nH]c3ccccc3c2=O)c2cc(Cl)ccc21.Cn1c(C(=O)NCC(=O)O)c(-n2c(=O)[nH]c3ccccc3c2=O)c2cc(Cl)ccc21.Nc1cccc(Cn2c(C(=O)O)c(N3C(=O)NC4N=CNC4C3=O)c3cc(Cl)ccc32)c1. The van der Waals surface area contributed by atoms with Gasteiger partial charge in [-0.2, -0.15) is 0 Å². The Hall–Kier alpha value is -18.7. The summed E-state index contributed by atoms with van der Waals surface area (Å²) in [5.41, 5.74) is 7.44. The number of hydrogen-bond acceptors (Lipinski definition) is 23. The molecule has 0 bridgehead atoms. The van der Waals surface area contributed by atoms with Crippen molar-refractivity contribution in [3.05, 3.63) is 337 Å². The summed E-state index contributed by atoms with van der Waals surface area (Å²) in [6.07, 6.45) is 0.596. The molecule has 0 saturated carbocycles. The third-order valence-corrected chi connectivity index (χ3v) is 25.7. The molecule has 47 heteroatoms. The standard InChI is InChI=1S/C24H26N4O4.C21H17ClN6O4.2C20H15ClN4O5.C16H11N3O4S/c1-24(2,3)32-22(30)20-19(16-13-14(26(4)5)11-12-18(16)27(20)6)28-21(29)15-9-7-8-10-17(15)25-23(28)31;22-11-4-5-14-13(7-11)16(28-19(29)15-18(25-9-24-15)26-21(28)32)17(20(30)31)27(14)8-10-2-1-3-12(23)6-10;2*1-24-14-7-6-10(21)8-12(14)16(17(24)18(28)22-9-15(26)27)25-19(29)11-4-2-3-5-13(11)23-20(25)30;1-7-2-3-10-8(4-7)13(12(17-10)15(21)22)19-14(20)9-5-24-6-11(9)18-16(19)23/h7-13H,1-6H3,(H,25,31);1-7,9,15,18H,8,23H2,(H,24,25)(H,26,32)(H,30,31);2*2-8H,9H2,1H3,(H,22,28)(H,23,30)(H,26,27);2-6,17H,1H3,(H,18,23)(H,21,22). The lowest BCUT2D eigenvalue weighted by molar-refractivity contribution is -0.136. The Bertz CT molecular complexity index is 9260. The number of aliphatic carboxylic acids is 2. The van der Waals surface area contributed by atoms with Crippen LogP contribution in [-0.2, 0) is 46.8 Å². The number of rotatable bonds is 17. The summed E-state index contributed by atoms with van der Waals surface area (Å²) < 4.78 is 15.5. The molecule has 10 aromatic heterocycles. The second-order valence-corrected chi connectivity index (χ2v) is 37.2. The number of halogens is 3. The minimum Gasteiger partial charge on any atom is -0.480 e. The van der Waals surface area contributed by atoms with Crippen LogP contribution in [0.15, 0.2) is 242 Å². The molecule has 1 fully saturated rings. The number of esters is 1. The number of carboxylic acids is 4. The minimum absolute atomic E-state index is 0.0230. The number of benzene rings is 9. The highest BCUT2D eigenvalue weighted by Gasteiger charge is 2.47. The Balaban J connectivity index is 0.000000127. The molecule has 2 aliphatic rings. The fraction of sp³-hybridized carbons (Fsp3) is 0.149. The van der Waals surface area contributed by atoms with Crippen molar-refractivity contribution in [3.8, 4) is 22.7 Å². The third-order valence-electron chi connectivity index (χ3n) is 24.2. The molecule has 12 heterocycles. The van der Waals surface area contributed by atoms with Crippen LogP contribution >= 0.6 is 46.1 Å². The van der Waals surface area contributed by atoms with E-state index in [1.54, 1.807) is 215 Å². The summed E-state index contributed by atoms with van der Waals surface area (Å²) in [5.74, 6) is -7.72. The van der Waals surface area contributed by atoms with Crippen LogP contribution in [0.2, 0.25) is 15.1 Å². The van der Waals surface area contributed by atoms with Gasteiger partial charge in [-0.05, 0) is 167 Å². The topological polar surface area (TPSA) is 592 Å². The van der Waals surface area contributed by atoms with Gasteiger partial charge in [-0.3, -0.25) is 43.2 Å². The lowest BCUT2D eigenvalue weighted by Crippen LogP contribution is -2.64. The average Bonchev–Trinajstić information content (AvgIpc) is 1.58. The summed E-state index contributed by atoms with van der Waals surface area (Å²) in [6.45, 7) is 6.08. The number of fused-ring (bicyclic) bond motifs is 10. The van der Waals surface area contributed by atoms with Crippen molar-refractivity contribution in [2.45, 2.75) is 52.0 Å². The third kappa shape index (κ3) is 18.8. The number of aliphatic imine (C=N–C) groups is 1. The van der Waals surface area contributed by atoms with Gasteiger partial charge in [-0.1, -0.05) is 95.0 Å². The second kappa shape index (κ2) is 39.9. The van der Waals surface area contributed by atoms with Gasteiger partial charge in [-0.15, -0.1) is 11.3 Å². The van der Waals surface area contributed by atoms with E-state index in [0.29, 0.717) is 108 Å². The molecule has 752 valence electrons. The molecule has 19 aromatic rings. The number of aromatic carboxylic acids is 2. The van der Waals surface area contributed by atoms with Gasteiger partial charge >= 0.3 is 58.6 Å². The van der Waals surface area contributed by atoms with E-state index < -0.39 is 129 Å². The highest BCUT2D eigenvalue weighted by molar-refractivity contribution is 7.09. The number of aromatic amines is 5. The lowest BCUT2D eigenvalue weighted by atomic mass is 10.1. The number of ether oxygens (including phenoxy) is 1. The summed E-state index contributed by atoms with van der Waals surface area (Å²) in [4.78, 5) is 235. The molecule has 2 unspecified atom stereocenters. The predicted molar refractivity (Wildman–Crippen MR) is 560 cm³/mol. The van der Waals surface area contributed by atoms with Gasteiger partial charge in [0, 0.05) is 111 Å². The Kier molecular flexibility index (Phi) is 27.2. The van der Waals surface area contributed by atoms with E-state index in [0.717, 1.165) is 40.0 Å². The van der Waals surface area contributed by atoms with Gasteiger partial charge in [0.2, 0.25) is 0 Å². The molecule has 9 aromatic carbocycles. The average molecular weight is 2080 g/mol. The van der Waals surface area contributed by atoms with Gasteiger partial charge in [0.1, 0.15) is 36.1 Å². The molecule has 2 atom stereocenters. The van der Waals surface area contributed by atoms with E-state index in [9.17, 15) is 91.7 Å². The Morgan fingerprint density at radius 3 is 1.37 bits per heavy atom. The van der Waals surface area contributed by atoms with E-state index in [2.05, 4.69) is 51.2 Å². The zero-order valence-corrected chi connectivity index (χ0v) is 82.2. The Morgan fingerprint density at radius 2 is 0.899 bits per heavy atom. The quantitative estimate of drug-likeness (QED) is 0.0297. The Labute approximate surface area is 847 Å². The van der Waals surface area contributed by atoms with Crippen molar-refractivity contribution in [2.75, 3.05) is 42.7 Å². The molecule has 5 amide bonds. The number of aromatic nitrogens is 13. The second-order valence-electron chi connectivity index (χ2n) is 35.1. The number of imide groups is 1. The molecule has 0 aliphatic carbocycles. The molecule has 43 nitrogen and oxygen atoms in total. The number of aryl methyl sites for hydroxylation is 4. The van der Waals surface area contributed by atoms with Crippen molar-refractivity contribution < 1.29 is 68.3 Å². The number of nitrogens with one attached hydrogen (secondary N) is 9. The van der Waals surface area contributed by atoms with Gasteiger partial charge in [-0.25, -0.2) is 66.5 Å². The lowest BCUT2D eigenvalue weighted by Gasteiger charge is -2.32. The number of nitrogens with zero attached hydrogens (tertiary/aromatic N) is 11. The zero-order chi connectivity index (χ0) is 106. The molecule has 2 aliphatic heterocycles. The summed E-state index contributed by atoms with van der Waals surface area (Å²) in [5, 5.41) is 55.2. The number of nitrogen functional groups attached to an aromatic ring is 1. The number of amides is 5. The molecule has 1 saturated heterocycles. The maximum atomic E-state index is 13.5. The number of H-pyrrole nitrogens is 5. The number of thiophene rings is 1. The maximum absolute atomic E-state index is 13.5. The maximum Gasteiger partial charge on any atom is 0.357 e. The number of hydrogen-bond donors (Lipinski definition) is 14. The van der Waals surface area contributed by atoms with E-state index >= 15 is 0 Å². The molecule has 15 N–H and O–H groups in total. The number of para-hydroxylation sites is 3. The van der Waals surface area contributed by atoms with Crippen molar-refractivity contribution in [3.63, 3.8) is 0 Å². The first-order valence-corrected chi connectivity index (χ1v) is 46.7. The zero-order valence-electron chi connectivity index (χ0n) is 79.1. The van der Waals surface area contributed by atoms with Crippen LogP contribution in [0.4, 0.5) is 21.9 Å². The van der Waals surface area contributed by atoms with Crippen LogP contribution in [0.1, 0.15) is 84.3 Å². The molecule has 21 rings (SSSR count). The predicted octanol–water partition coefficient (Wildman–Crippen LogP) is 10.7. The van der Waals surface area contributed by atoms with Crippen molar-refractivity contribution in [2.24, 2.45) is 26.1 Å². The van der Waals surface area contributed by atoms with Crippen LogP contribution < -0.4 is 81.8 Å². The van der Waals surface area contributed by atoms with Crippen molar-refractivity contribution in [1.29, 1.82) is 0 Å². The van der Waals surface area contributed by atoms with Crippen LogP contribution in [-0.4, -0.2) is 187 Å². The minimum atomic E-state index is -1.30. The van der Waals surface area contributed by atoms with Gasteiger partial charge in [0.25, 0.3) is 40.0 Å². The number of nitrogens with two attached hydrogens (primary N) is 1. The smallest absolute Gasteiger partial charge is 0.357 e. The number of urea groups is 1. The fourth-order valence-corrected chi connectivity index (χ4v) is 19.1. The van der Waals surface area contributed by atoms with Gasteiger partial charge in [0.15, 0.2) is 23.2 Å². The van der Waals surface area contributed by atoms with Crippen LogP contribution in [0, 0.1) is 6.92 Å². The first-order chi connectivity index (χ1) is 70.4. The highest BCUT2D eigenvalue weighted by atomic mass is 35.5. The molecular formula is C101H84Cl3N21O22S. The van der Waals surface area contributed by atoms with E-state index in [4.69, 9.17) is 55.5 Å². The van der Waals surface area contributed by atoms with Crippen LogP contribution in [0.5, 0.6) is 0 Å². The highest BCUT2D eigenvalue weighted by Crippen LogP contribution is 2.41. The van der Waals surface area contributed by atoms with Crippen molar-refractivity contribution >= 4 is 221 Å². The molecule has 148 heavy (non-hydrogen) atoms. The van der Waals surface area contributed by atoms with Crippen LogP contribution in [0.25, 0.3) is 121 Å². The monoisotopic (exact) mass is 2080 g/mol. The van der Waals surface area contributed by atoms with Gasteiger partial charge < -0.3 is 100 Å². The van der Waals surface area contributed by atoms with E-state index in [1.165, 1.54) is 31.4 Å². The van der Waals surface area contributed by atoms with Gasteiger partial charge in [0.05, 0.1) is 100 Å². The largest absolute Gasteiger partial charge is 0.480 e. The normalized spacial score (nSPS) is 13.2. The van der Waals surface area contributed by atoms with E-state index in [1.807, 2.05) is 56.3 Å². The first-order valence-electron chi connectivity index (χ1n) is 44.6. The summed E-state index contributed by atoms with van der Waals surface area (Å²) in [6, 6.07) is 50.6. The molecule has 0 spiro atoms. The fourth-order valence-electron chi connectivity index (χ4n) is 17.8. The van der Waals surface area contributed by atoms with E-state index in [-0.39, 0.29) is 74.2 Å². The Morgan fingerprint density at radius 1 is 0.459 bits per heavy atom. The summed E-state index contributed by atoms with van der Waals surface area (Å²) >= 11 is 19.8. The first kappa shape index (κ1) is 101. The molecule has 0 radical (unpaired) electrons. The number of anilines is 3. The molecular weight excluding hydrogens is 2000 g/mol. The number of carbonyl (C=O) groups is 9.